The van der Waals surface area contributed by atoms with Crippen LogP contribution in [0.3, 0.4) is 0 Å². The highest BCUT2D eigenvalue weighted by molar-refractivity contribution is 6.33. The van der Waals surface area contributed by atoms with Gasteiger partial charge in [-0.05, 0) is 24.5 Å². The second-order valence-corrected chi connectivity index (χ2v) is 4.36. The molecule has 0 amide bonds. The molecule has 3 nitrogen and oxygen atoms in total. The van der Waals surface area contributed by atoms with E-state index in [0.29, 0.717) is 18.3 Å². The summed E-state index contributed by atoms with van der Waals surface area (Å²) in [6, 6.07) is 4.84. The number of carbonyl (C=O) groups is 1. The lowest BCUT2D eigenvalue weighted by Crippen LogP contribution is -2.06. The molecule has 0 bridgehead atoms. The second-order valence-electron chi connectivity index (χ2n) is 3.95. The van der Waals surface area contributed by atoms with Crippen LogP contribution in [0.15, 0.2) is 18.2 Å². The van der Waals surface area contributed by atoms with E-state index in [9.17, 15) is 4.79 Å². The molecule has 1 N–H and O–H groups in total. The summed E-state index contributed by atoms with van der Waals surface area (Å²) in [7, 11) is 0. The highest BCUT2D eigenvalue weighted by Gasteiger charge is 2.15. The average molecular weight is 243 g/mol. The van der Waals surface area contributed by atoms with E-state index in [0.717, 1.165) is 6.42 Å². The molecule has 16 heavy (non-hydrogen) atoms. The molecule has 0 aromatic heterocycles. The van der Waals surface area contributed by atoms with E-state index in [1.807, 2.05) is 0 Å². The predicted octanol–water partition coefficient (Wildman–Crippen LogP) is 3.46. The number of ether oxygens (including phenoxy) is 1. The van der Waals surface area contributed by atoms with Crippen LogP contribution in [0.25, 0.3) is 0 Å². The van der Waals surface area contributed by atoms with Gasteiger partial charge in [-0.3, -0.25) is 0 Å². The van der Waals surface area contributed by atoms with Crippen LogP contribution in [0, 0.1) is 5.92 Å². The number of carboxylic acids is 1. The molecule has 0 saturated carbocycles. The minimum atomic E-state index is -1.06. The summed E-state index contributed by atoms with van der Waals surface area (Å²) < 4.78 is 5.42. The van der Waals surface area contributed by atoms with Crippen molar-refractivity contribution in [2.45, 2.75) is 20.3 Å². The Morgan fingerprint density at radius 2 is 2.19 bits per heavy atom. The maximum atomic E-state index is 11.0. The molecule has 1 aromatic carbocycles. The topological polar surface area (TPSA) is 46.5 Å². The summed E-state index contributed by atoms with van der Waals surface area (Å²) in [5.74, 6) is -0.210. The first-order chi connectivity index (χ1) is 7.52. The van der Waals surface area contributed by atoms with Gasteiger partial charge in [0.15, 0.2) is 0 Å². The molecule has 0 aliphatic carbocycles. The maximum Gasteiger partial charge on any atom is 0.341 e. The minimum absolute atomic E-state index is 0.0351. The third-order valence-electron chi connectivity index (χ3n) is 2.14. The molecule has 0 unspecified atom stereocenters. The fourth-order valence-electron chi connectivity index (χ4n) is 1.24. The molecule has 0 heterocycles. The largest absolute Gasteiger partial charge is 0.493 e. The Morgan fingerprint density at radius 1 is 1.50 bits per heavy atom. The summed E-state index contributed by atoms with van der Waals surface area (Å²) in [6.07, 6.45) is 0.881. The lowest BCUT2D eigenvalue weighted by molar-refractivity contribution is 0.0692. The molecule has 1 rings (SSSR count). The number of hydrogen-bond acceptors (Lipinski definition) is 2. The standard InChI is InChI=1S/C12H15ClO3/c1-8(2)6-7-16-10-5-3-4-9(13)11(10)12(14)15/h3-5,8H,6-7H2,1-2H3,(H,14,15). The van der Waals surface area contributed by atoms with Crippen molar-refractivity contribution >= 4 is 17.6 Å². The summed E-state index contributed by atoms with van der Waals surface area (Å²) >= 11 is 5.81. The molecule has 0 radical (unpaired) electrons. The van der Waals surface area contributed by atoms with E-state index < -0.39 is 5.97 Å². The van der Waals surface area contributed by atoms with Crippen LogP contribution in [0.4, 0.5) is 0 Å². The summed E-state index contributed by atoms with van der Waals surface area (Å²) in [6.45, 7) is 4.66. The van der Waals surface area contributed by atoms with Gasteiger partial charge in [0.05, 0.1) is 11.6 Å². The minimum Gasteiger partial charge on any atom is -0.493 e. The third-order valence-corrected chi connectivity index (χ3v) is 2.46. The van der Waals surface area contributed by atoms with Crippen LogP contribution in [-0.2, 0) is 0 Å². The molecular formula is C12H15ClO3. The maximum absolute atomic E-state index is 11.0. The highest BCUT2D eigenvalue weighted by Crippen LogP contribution is 2.26. The lowest BCUT2D eigenvalue weighted by atomic mass is 10.1. The Bertz CT molecular complexity index is 375. The van der Waals surface area contributed by atoms with Gasteiger partial charge >= 0.3 is 5.97 Å². The summed E-state index contributed by atoms with van der Waals surface area (Å²) in [5, 5.41) is 9.19. The molecule has 0 aliphatic heterocycles. The van der Waals surface area contributed by atoms with Crippen molar-refractivity contribution in [2.75, 3.05) is 6.61 Å². The molecule has 88 valence electrons. The van der Waals surface area contributed by atoms with Crippen molar-refractivity contribution in [1.82, 2.24) is 0 Å². The van der Waals surface area contributed by atoms with E-state index in [1.54, 1.807) is 18.2 Å². The van der Waals surface area contributed by atoms with Gasteiger partial charge in [0.2, 0.25) is 0 Å². The van der Waals surface area contributed by atoms with Crippen LogP contribution in [0.1, 0.15) is 30.6 Å². The van der Waals surface area contributed by atoms with Crippen LogP contribution in [-0.4, -0.2) is 17.7 Å². The molecule has 4 heteroatoms. The zero-order valence-electron chi connectivity index (χ0n) is 9.37. The van der Waals surface area contributed by atoms with E-state index >= 15 is 0 Å². The van der Waals surface area contributed by atoms with E-state index in [-0.39, 0.29) is 10.6 Å². The van der Waals surface area contributed by atoms with Gasteiger partial charge in [0, 0.05) is 0 Å². The monoisotopic (exact) mass is 242 g/mol. The first kappa shape index (κ1) is 12.8. The van der Waals surface area contributed by atoms with Crippen molar-refractivity contribution in [3.05, 3.63) is 28.8 Å². The second kappa shape index (κ2) is 5.75. The van der Waals surface area contributed by atoms with Crippen LogP contribution < -0.4 is 4.74 Å². The number of halogens is 1. The Labute approximate surface area is 100.0 Å². The molecule has 1 aromatic rings. The molecule has 0 atom stereocenters. The Hall–Kier alpha value is -1.22. The highest BCUT2D eigenvalue weighted by atomic mass is 35.5. The number of hydrogen-bond donors (Lipinski definition) is 1. The molecule has 0 saturated heterocycles. The molecule has 0 spiro atoms. The smallest absolute Gasteiger partial charge is 0.341 e. The van der Waals surface area contributed by atoms with Gasteiger partial charge in [0.25, 0.3) is 0 Å². The Morgan fingerprint density at radius 3 is 2.75 bits per heavy atom. The van der Waals surface area contributed by atoms with Gasteiger partial charge < -0.3 is 9.84 Å². The molecule has 0 fully saturated rings. The van der Waals surface area contributed by atoms with E-state index in [1.165, 1.54) is 0 Å². The predicted molar refractivity (Wildman–Crippen MR) is 63.4 cm³/mol. The zero-order valence-corrected chi connectivity index (χ0v) is 10.1. The SMILES string of the molecule is CC(C)CCOc1cccc(Cl)c1C(=O)O. The first-order valence-corrected chi connectivity index (χ1v) is 5.54. The van der Waals surface area contributed by atoms with Crippen LogP contribution in [0.5, 0.6) is 5.75 Å². The summed E-state index contributed by atoms with van der Waals surface area (Å²) in [4.78, 5) is 11.0. The van der Waals surface area contributed by atoms with Gasteiger partial charge in [-0.2, -0.15) is 0 Å². The number of aromatic carboxylic acids is 1. The molecular weight excluding hydrogens is 228 g/mol. The fraction of sp³-hybridized carbons (Fsp3) is 0.417. The Kier molecular flexibility index (Phi) is 4.62. The van der Waals surface area contributed by atoms with Crippen molar-refractivity contribution < 1.29 is 14.6 Å². The van der Waals surface area contributed by atoms with Crippen LogP contribution >= 0.6 is 11.6 Å². The first-order valence-electron chi connectivity index (χ1n) is 5.17. The van der Waals surface area contributed by atoms with Crippen molar-refractivity contribution in [1.29, 1.82) is 0 Å². The summed E-state index contributed by atoms with van der Waals surface area (Å²) in [5.41, 5.74) is 0.0351. The molecule has 0 aliphatic rings. The average Bonchev–Trinajstić information content (AvgIpc) is 2.16. The third kappa shape index (κ3) is 3.42. The van der Waals surface area contributed by atoms with Gasteiger partial charge in [-0.15, -0.1) is 0 Å². The fourth-order valence-corrected chi connectivity index (χ4v) is 1.48. The lowest BCUT2D eigenvalue weighted by Gasteiger charge is -2.11. The quantitative estimate of drug-likeness (QED) is 0.860. The normalized spacial score (nSPS) is 10.5. The zero-order chi connectivity index (χ0) is 12.1. The van der Waals surface area contributed by atoms with Crippen LogP contribution in [0.2, 0.25) is 5.02 Å². The van der Waals surface area contributed by atoms with E-state index in [2.05, 4.69) is 13.8 Å². The van der Waals surface area contributed by atoms with Gasteiger partial charge in [-0.25, -0.2) is 4.79 Å². The van der Waals surface area contributed by atoms with Crippen molar-refractivity contribution in [3.8, 4) is 5.75 Å². The van der Waals surface area contributed by atoms with Gasteiger partial charge in [-0.1, -0.05) is 31.5 Å². The number of benzene rings is 1. The van der Waals surface area contributed by atoms with Crippen molar-refractivity contribution in [3.63, 3.8) is 0 Å². The number of carboxylic acid groups (broad SMARTS) is 1. The van der Waals surface area contributed by atoms with Crippen molar-refractivity contribution in [2.24, 2.45) is 5.92 Å². The number of rotatable bonds is 5. The van der Waals surface area contributed by atoms with E-state index in [4.69, 9.17) is 21.4 Å². The Balaban J connectivity index is 2.79. The van der Waals surface area contributed by atoms with Gasteiger partial charge in [0.1, 0.15) is 11.3 Å².